The molecule has 1 unspecified atom stereocenters. The lowest BCUT2D eigenvalue weighted by Gasteiger charge is -2.18. The molecule has 1 atom stereocenters. The molecular formula is C12H14BrN5. The number of hydrazine groups is 1. The zero-order valence-corrected chi connectivity index (χ0v) is 11.5. The average Bonchev–Trinajstić information content (AvgIpc) is 2.36. The summed E-state index contributed by atoms with van der Waals surface area (Å²) in [7, 11) is 0. The highest BCUT2D eigenvalue weighted by Gasteiger charge is 2.19. The summed E-state index contributed by atoms with van der Waals surface area (Å²) in [5.74, 6) is 6.08. The number of nitrogens with zero attached hydrogens (tertiary/aromatic N) is 2. The smallest absolute Gasteiger partial charge is 0.128 e. The Labute approximate surface area is 114 Å². The van der Waals surface area contributed by atoms with Gasteiger partial charge < -0.3 is 5.73 Å². The summed E-state index contributed by atoms with van der Waals surface area (Å²) in [6.45, 7) is 1.96. The maximum Gasteiger partial charge on any atom is 0.128 e. The van der Waals surface area contributed by atoms with Crippen molar-refractivity contribution >= 4 is 21.7 Å². The highest BCUT2D eigenvalue weighted by Crippen LogP contribution is 2.28. The molecule has 0 fully saturated rings. The SMILES string of the molecule is Cc1cnc(N)c(C(NN)c2ncccc2Br)c1. The van der Waals surface area contributed by atoms with Crippen LogP contribution in [0.5, 0.6) is 0 Å². The zero-order valence-electron chi connectivity index (χ0n) is 9.89. The van der Waals surface area contributed by atoms with Crippen LogP contribution in [-0.4, -0.2) is 9.97 Å². The molecule has 2 aromatic heterocycles. The number of aryl methyl sites for hydroxylation is 1. The molecule has 2 heterocycles. The van der Waals surface area contributed by atoms with E-state index in [9.17, 15) is 0 Å². The molecule has 6 heteroatoms. The van der Waals surface area contributed by atoms with Crippen LogP contribution in [0.15, 0.2) is 35.1 Å². The summed E-state index contributed by atoms with van der Waals surface area (Å²) in [6, 6.07) is 5.41. The first kappa shape index (κ1) is 12.9. The van der Waals surface area contributed by atoms with E-state index in [4.69, 9.17) is 11.6 Å². The summed E-state index contributed by atoms with van der Waals surface area (Å²) in [4.78, 5) is 8.47. The minimum atomic E-state index is -0.298. The summed E-state index contributed by atoms with van der Waals surface area (Å²) in [5, 5.41) is 0. The highest BCUT2D eigenvalue weighted by molar-refractivity contribution is 9.10. The third-order valence-electron chi connectivity index (χ3n) is 2.62. The Morgan fingerprint density at radius 1 is 1.39 bits per heavy atom. The van der Waals surface area contributed by atoms with Gasteiger partial charge in [-0.2, -0.15) is 0 Å². The number of nitrogens with one attached hydrogen (secondary N) is 1. The minimum absolute atomic E-state index is 0.298. The van der Waals surface area contributed by atoms with Crippen LogP contribution in [0.3, 0.4) is 0 Å². The molecule has 0 amide bonds. The predicted octanol–water partition coefficient (Wildman–Crippen LogP) is 1.68. The molecule has 5 nitrogen and oxygen atoms in total. The molecule has 0 aliphatic carbocycles. The van der Waals surface area contributed by atoms with Gasteiger partial charge >= 0.3 is 0 Å². The van der Waals surface area contributed by atoms with Crippen molar-refractivity contribution < 1.29 is 0 Å². The molecule has 0 saturated carbocycles. The Balaban J connectivity index is 2.52. The van der Waals surface area contributed by atoms with E-state index in [1.54, 1.807) is 12.4 Å². The zero-order chi connectivity index (χ0) is 13.1. The van der Waals surface area contributed by atoms with Crippen LogP contribution in [0, 0.1) is 6.92 Å². The number of nitrogens with two attached hydrogens (primary N) is 2. The molecule has 0 aromatic carbocycles. The second-order valence-corrected chi connectivity index (χ2v) is 4.81. The van der Waals surface area contributed by atoms with Crippen LogP contribution in [0.4, 0.5) is 5.82 Å². The minimum Gasteiger partial charge on any atom is -0.383 e. The first-order valence-electron chi connectivity index (χ1n) is 5.42. The van der Waals surface area contributed by atoms with Gasteiger partial charge in [0.1, 0.15) is 5.82 Å². The summed E-state index contributed by atoms with van der Waals surface area (Å²) in [5.41, 5.74) is 11.2. The lowest BCUT2D eigenvalue weighted by atomic mass is 10.0. The van der Waals surface area contributed by atoms with Crippen LogP contribution in [0.2, 0.25) is 0 Å². The first-order valence-corrected chi connectivity index (χ1v) is 6.21. The van der Waals surface area contributed by atoms with Crippen molar-refractivity contribution in [1.29, 1.82) is 0 Å². The van der Waals surface area contributed by atoms with Gasteiger partial charge in [0.25, 0.3) is 0 Å². The van der Waals surface area contributed by atoms with Gasteiger partial charge in [-0.1, -0.05) is 0 Å². The maximum atomic E-state index is 5.90. The van der Waals surface area contributed by atoms with Crippen LogP contribution < -0.4 is 17.0 Å². The standard InChI is InChI=1S/C12H14BrN5/c1-7-5-8(12(14)17-6-7)10(18-15)11-9(13)3-2-4-16-11/h2-6,10,18H,15H2,1H3,(H2,14,17). The van der Waals surface area contributed by atoms with Gasteiger partial charge in [0.15, 0.2) is 0 Å². The second-order valence-electron chi connectivity index (χ2n) is 3.96. The van der Waals surface area contributed by atoms with Gasteiger partial charge in [-0.25, -0.2) is 10.4 Å². The maximum absolute atomic E-state index is 5.90. The second kappa shape index (κ2) is 5.43. The molecule has 5 N–H and O–H groups in total. The van der Waals surface area contributed by atoms with Crippen molar-refractivity contribution in [2.45, 2.75) is 13.0 Å². The lowest BCUT2D eigenvalue weighted by molar-refractivity contribution is 0.617. The molecule has 2 rings (SSSR count). The van der Waals surface area contributed by atoms with Gasteiger partial charge in [0, 0.05) is 22.4 Å². The summed E-state index contributed by atoms with van der Waals surface area (Å²) >= 11 is 3.46. The number of nitrogen functional groups attached to an aromatic ring is 1. The average molecular weight is 308 g/mol. The largest absolute Gasteiger partial charge is 0.383 e. The van der Waals surface area contributed by atoms with Crippen LogP contribution in [0.1, 0.15) is 22.9 Å². The third-order valence-corrected chi connectivity index (χ3v) is 3.29. The van der Waals surface area contributed by atoms with Crippen molar-refractivity contribution in [3.8, 4) is 0 Å². The fourth-order valence-electron chi connectivity index (χ4n) is 1.76. The van der Waals surface area contributed by atoms with Gasteiger partial charge in [-0.3, -0.25) is 10.8 Å². The van der Waals surface area contributed by atoms with E-state index >= 15 is 0 Å². The van der Waals surface area contributed by atoms with Gasteiger partial charge in [-0.15, -0.1) is 0 Å². The topological polar surface area (TPSA) is 89.8 Å². The fourth-order valence-corrected chi connectivity index (χ4v) is 2.24. The van der Waals surface area contributed by atoms with Crippen molar-refractivity contribution in [3.05, 3.63) is 51.9 Å². The molecular weight excluding hydrogens is 294 g/mol. The molecule has 0 radical (unpaired) electrons. The van der Waals surface area contributed by atoms with E-state index in [1.807, 2.05) is 25.1 Å². The Morgan fingerprint density at radius 2 is 2.17 bits per heavy atom. The van der Waals surface area contributed by atoms with E-state index in [0.29, 0.717) is 5.82 Å². The number of anilines is 1. The van der Waals surface area contributed by atoms with Crippen LogP contribution >= 0.6 is 15.9 Å². The van der Waals surface area contributed by atoms with Gasteiger partial charge in [0.05, 0.1) is 11.7 Å². The summed E-state index contributed by atoms with van der Waals surface area (Å²) < 4.78 is 0.869. The first-order chi connectivity index (χ1) is 8.63. The monoisotopic (exact) mass is 307 g/mol. The molecule has 0 aliphatic rings. The Kier molecular flexibility index (Phi) is 3.90. The predicted molar refractivity (Wildman–Crippen MR) is 74.5 cm³/mol. The molecule has 2 aromatic rings. The number of pyridine rings is 2. The van der Waals surface area contributed by atoms with Gasteiger partial charge in [-0.05, 0) is 46.6 Å². The number of hydrogen-bond acceptors (Lipinski definition) is 5. The fraction of sp³-hybridized carbons (Fsp3) is 0.167. The van der Waals surface area contributed by atoms with Crippen molar-refractivity contribution in [2.24, 2.45) is 5.84 Å². The van der Waals surface area contributed by atoms with Crippen LogP contribution in [-0.2, 0) is 0 Å². The third kappa shape index (κ3) is 2.50. The Morgan fingerprint density at radius 3 is 2.83 bits per heavy atom. The lowest BCUT2D eigenvalue weighted by Crippen LogP contribution is -2.30. The van der Waals surface area contributed by atoms with E-state index < -0.39 is 0 Å². The van der Waals surface area contributed by atoms with E-state index in [-0.39, 0.29) is 6.04 Å². The van der Waals surface area contributed by atoms with Crippen LogP contribution in [0.25, 0.3) is 0 Å². The molecule has 0 saturated heterocycles. The molecule has 0 aliphatic heterocycles. The normalized spacial score (nSPS) is 12.4. The Bertz CT molecular complexity index is 558. The summed E-state index contributed by atoms with van der Waals surface area (Å²) in [6.07, 6.45) is 3.43. The van der Waals surface area contributed by atoms with Crippen molar-refractivity contribution in [3.63, 3.8) is 0 Å². The van der Waals surface area contributed by atoms with E-state index in [0.717, 1.165) is 21.3 Å². The molecule has 0 bridgehead atoms. The van der Waals surface area contributed by atoms with Crippen molar-refractivity contribution in [2.75, 3.05) is 5.73 Å². The molecule has 94 valence electrons. The van der Waals surface area contributed by atoms with E-state index in [1.165, 1.54) is 0 Å². The number of hydrogen-bond donors (Lipinski definition) is 3. The number of halogens is 1. The van der Waals surface area contributed by atoms with Crippen molar-refractivity contribution in [1.82, 2.24) is 15.4 Å². The molecule has 0 spiro atoms. The van der Waals surface area contributed by atoms with Gasteiger partial charge in [0.2, 0.25) is 0 Å². The Hall–Kier alpha value is -1.50. The highest BCUT2D eigenvalue weighted by atomic mass is 79.9. The number of rotatable bonds is 3. The quantitative estimate of drug-likeness (QED) is 0.593. The molecule has 18 heavy (non-hydrogen) atoms. The van der Waals surface area contributed by atoms with E-state index in [2.05, 4.69) is 31.3 Å². The number of aromatic nitrogens is 2.